The van der Waals surface area contributed by atoms with Crippen molar-refractivity contribution in [2.45, 2.75) is 0 Å². The summed E-state index contributed by atoms with van der Waals surface area (Å²) >= 11 is 11.9. The lowest BCUT2D eigenvalue weighted by Crippen LogP contribution is -2.25. The number of likely N-dealkylation sites (N-methyl/N-ethyl adjacent to an activating group) is 1. The highest BCUT2D eigenvalue weighted by Gasteiger charge is 2.30. The monoisotopic (exact) mass is 381 g/mol. The number of hydrogen-bond acceptors (Lipinski definition) is 5. The van der Waals surface area contributed by atoms with Crippen molar-refractivity contribution >= 4 is 46.9 Å². The Morgan fingerprint density at radius 3 is 2.56 bits per heavy atom. The van der Waals surface area contributed by atoms with Gasteiger partial charge >= 0.3 is 6.03 Å². The third-order valence-electron chi connectivity index (χ3n) is 3.49. The van der Waals surface area contributed by atoms with E-state index in [4.69, 9.17) is 27.6 Å². The fourth-order valence-electron chi connectivity index (χ4n) is 2.21. The molecule has 3 amide bonds. The molecule has 1 N–H and O–H groups in total. The number of furan rings is 1. The second-order valence-electron chi connectivity index (χ2n) is 5.09. The first-order chi connectivity index (χ1) is 11.8. The molecule has 2 aromatic rings. The molecule has 3 rings (SSSR count). The van der Waals surface area contributed by atoms with Gasteiger partial charge in [-0.15, -0.1) is 0 Å². The zero-order chi connectivity index (χ0) is 18.3. The van der Waals surface area contributed by atoms with Crippen LogP contribution in [-0.4, -0.2) is 28.8 Å². The average molecular weight is 382 g/mol. The van der Waals surface area contributed by atoms with Crippen LogP contribution in [0.1, 0.15) is 5.76 Å². The van der Waals surface area contributed by atoms with Crippen LogP contribution in [0, 0.1) is 10.1 Å². The fourth-order valence-corrected chi connectivity index (χ4v) is 2.75. The number of carbonyl (C=O) groups is 2. The van der Waals surface area contributed by atoms with E-state index < -0.39 is 16.9 Å². The maximum Gasteiger partial charge on any atom is 0.328 e. The van der Waals surface area contributed by atoms with Crippen molar-refractivity contribution in [1.82, 2.24) is 10.2 Å². The molecule has 0 atom stereocenters. The number of nitrogens with zero attached hydrogens (tertiary/aromatic N) is 2. The molecular weight excluding hydrogens is 373 g/mol. The summed E-state index contributed by atoms with van der Waals surface area (Å²) in [7, 11) is 1.35. The number of imide groups is 1. The lowest BCUT2D eigenvalue weighted by Gasteiger charge is -2.03. The third kappa shape index (κ3) is 3.09. The average Bonchev–Trinajstić information content (AvgIpc) is 3.08. The fraction of sp³-hybridized carbons (Fsp3) is 0.0667. The number of urea groups is 1. The van der Waals surface area contributed by atoms with Gasteiger partial charge in [0.25, 0.3) is 11.6 Å². The number of rotatable bonds is 3. The molecule has 2 heterocycles. The van der Waals surface area contributed by atoms with E-state index in [1.54, 1.807) is 0 Å². The lowest BCUT2D eigenvalue weighted by atomic mass is 10.1. The van der Waals surface area contributed by atoms with Crippen LogP contribution < -0.4 is 5.32 Å². The zero-order valence-electron chi connectivity index (χ0n) is 12.6. The Labute approximate surface area is 150 Å². The Hall–Kier alpha value is -2.84. The summed E-state index contributed by atoms with van der Waals surface area (Å²) < 4.78 is 5.56. The number of halogens is 2. The second-order valence-corrected chi connectivity index (χ2v) is 5.91. The predicted octanol–water partition coefficient (Wildman–Crippen LogP) is 3.68. The highest BCUT2D eigenvalue weighted by Crippen LogP contribution is 2.37. The molecule has 1 aliphatic rings. The molecule has 8 nitrogen and oxygen atoms in total. The lowest BCUT2D eigenvalue weighted by molar-refractivity contribution is -0.384. The maximum atomic E-state index is 11.8. The van der Waals surface area contributed by atoms with Crippen LogP contribution in [0.3, 0.4) is 0 Å². The van der Waals surface area contributed by atoms with Crippen molar-refractivity contribution in [1.29, 1.82) is 0 Å². The molecule has 0 saturated carbocycles. The van der Waals surface area contributed by atoms with Gasteiger partial charge in [-0.05, 0) is 18.2 Å². The van der Waals surface area contributed by atoms with Crippen molar-refractivity contribution in [3.63, 3.8) is 0 Å². The van der Waals surface area contributed by atoms with Crippen molar-refractivity contribution in [2.24, 2.45) is 0 Å². The number of carbonyl (C=O) groups excluding carboxylic acids is 2. The summed E-state index contributed by atoms with van der Waals surface area (Å²) in [5.41, 5.74) is 0.0279. The summed E-state index contributed by atoms with van der Waals surface area (Å²) in [5.74, 6) is 0.0208. The Balaban J connectivity index is 1.98. The topological polar surface area (TPSA) is 106 Å². The maximum absolute atomic E-state index is 11.8. The first-order valence-electron chi connectivity index (χ1n) is 6.82. The van der Waals surface area contributed by atoms with Crippen LogP contribution in [0.2, 0.25) is 10.0 Å². The molecule has 0 aliphatic carbocycles. The minimum Gasteiger partial charge on any atom is -0.457 e. The zero-order valence-corrected chi connectivity index (χ0v) is 14.1. The molecule has 0 spiro atoms. The first-order valence-corrected chi connectivity index (χ1v) is 7.58. The van der Waals surface area contributed by atoms with Gasteiger partial charge in [0.05, 0.1) is 9.95 Å². The SMILES string of the molecule is CN1C(=O)N/C(=C/c2ccc(-c3cc([N+](=O)[O-])c(Cl)cc3Cl)o2)C1=O. The van der Waals surface area contributed by atoms with Gasteiger partial charge in [-0.25, -0.2) is 4.79 Å². The predicted molar refractivity (Wildman–Crippen MR) is 90.1 cm³/mol. The van der Waals surface area contributed by atoms with E-state index in [2.05, 4.69) is 5.32 Å². The van der Waals surface area contributed by atoms with E-state index in [-0.39, 0.29) is 38.5 Å². The first kappa shape index (κ1) is 17.0. The van der Waals surface area contributed by atoms with E-state index in [0.29, 0.717) is 0 Å². The molecule has 128 valence electrons. The molecule has 1 aliphatic heterocycles. The van der Waals surface area contributed by atoms with Gasteiger partial charge in [-0.1, -0.05) is 23.2 Å². The summed E-state index contributed by atoms with van der Waals surface area (Å²) in [6.07, 6.45) is 1.35. The Bertz CT molecular complexity index is 951. The van der Waals surface area contributed by atoms with Gasteiger partial charge in [-0.3, -0.25) is 19.8 Å². The molecule has 0 radical (unpaired) electrons. The van der Waals surface area contributed by atoms with Gasteiger partial charge in [0.15, 0.2) is 0 Å². The quantitative estimate of drug-likeness (QED) is 0.377. The minimum absolute atomic E-state index is 0.0570. The summed E-state index contributed by atoms with van der Waals surface area (Å²) in [4.78, 5) is 34.6. The van der Waals surface area contributed by atoms with Gasteiger partial charge in [0.2, 0.25) is 0 Å². The minimum atomic E-state index is -0.628. The van der Waals surface area contributed by atoms with Crippen LogP contribution in [0.15, 0.2) is 34.4 Å². The molecule has 25 heavy (non-hydrogen) atoms. The molecular formula is C15H9Cl2N3O5. The van der Waals surface area contributed by atoms with Gasteiger partial charge < -0.3 is 9.73 Å². The van der Waals surface area contributed by atoms with Crippen molar-refractivity contribution in [3.05, 3.63) is 55.9 Å². The van der Waals surface area contributed by atoms with Crippen LogP contribution >= 0.6 is 23.2 Å². The Morgan fingerprint density at radius 1 is 1.24 bits per heavy atom. The number of amides is 3. The summed E-state index contributed by atoms with van der Waals surface area (Å²) in [6.45, 7) is 0. The summed E-state index contributed by atoms with van der Waals surface area (Å²) in [5, 5.41) is 13.5. The van der Waals surface area contributed by atoms with E-state index in [1.807, 2.05) is 0 Å². The normalized spacial score (nSPS) is 15.8. The third-order valence-corrected chi connectivity index (χ3v) is 4.11. The van der Waals surface area contributed by atoms with Crippen LogP contribution in [0.25, 0.3) is 17.4 Å². The van der Waals surface area contributed by atoms with Crippen LogP contribution in [0.5, 0.6) is 0 Å². The van der Waals surface area contributed by atoms with E-state index in [1.165, 1.54) is 37.4 Å². The molecule has 1 aromatic heterocycles. The molecule has 10 heteroatoms. The van der Waals surface area contributed by atoms with Crippen LogP contribution in [0.4, 0.5) is 10.5 Å². The largest absolute Gasteiger partial charge is 0.457 e. The highest BCUT2D eigenvalue weighted by molar-refractivity contribution is 6.37. The Kier molecular flexibility index (Phi) is 4.23. The van der Waals surface area contributed by atoms with Crippen molar-refractivity contribution in [2.75, 3.05) is 7.05 Å². The number of benzene rings is 1. The number of nitro groups is 1. The molecule has 1 saturated heterocycles. The molecule has 0 unspecified atom stereocenters. The number of hydrogen-bond donors (Lipinski definition) is 1. The number of nitrogens with one attached hydrogen (secondary N) is 1. The van der Waals surface area contributed by atoms with Crippen LogP contribution in [-0.2, 0) is 4.79 Å². The molecule has 1 fully saturated rings. The summed E-state index contributed by atoms with van der Waals surface area (Å²) in [6, 6.07) is 5.00. The smallest absolute Gasteiger partial charge is 0.328 e. The van der Waals surface area contributed by atoms with Crippen molar-refractivity contribution < 1.29 is 18.9 Å². The van der Waals surface area contributed by atoms with E-state index >= 15 is 0 Å². The van der Waals surface area contributed by atoms with Gasteiger partial charge in [0, 0.05) is 24.8 Å². The van der Waals surface area contributed by atoms with E-state index in [0.717, 1.165) is 4.90 Å². The standard InChI is InChI=1S/C15H9Cl2N3O5/c1-19-14(21)11(18-15(19)22)4-7-2-3-13(25-7)8-5-12(20(23)24)10(17)6-9(8)16/h2-6H,1H3,(H,18,22)/b11-4+. The number of nitro benzene ring substituents is 1. The van der Waals surface area contributed by atoms with E-state index in [9.17, 15) is 19.7 Å². The highest BCUT2D eigenvalue weighted by atomic mass is 35.5. The Morgan fingerprint density at radius 2 is 1.96 bits per heavy atom. The van der Waals surface area contributed by atoms with Gasteiger partial charge in [-0.2, -0.15) is 0 Å². The second kappa shape index (κ2) is 6.23. The molecule has 0 bridgehead atoms. The molecule has 1 aromatic carbocycles. The van der Waals surface area contributed by atoms with Gasteiger partial charge in [0.1, 0.15) is 22.2 Å². The van der Waals surface area contributed by atoms with Crippen molar-refractivity contribution in [3.8, 4) is 11.3 Å².